The molecule has 0 saturated carbocycles. The van der Waals surface area contributed by atoms with Crippen LogP contribution >= 0.6 is 27.5 Å². The van der Waals surface area contributed by atoms with E-state index in [4.69, 9.17) is 27.8 Å². The summed E-state index contributed by atoms with van der Waals surface area (Å²) in [5.74, 6) is -1.42. The Morgan fingerprint density at radius 3 is 2.55 bits per heavy atom. The molecule has 1 amide bonds. The van der Waals surface area contributed by atoms with E-state index >= 15 is 0 Å². The second kappa shape index (κ2) is 5.68. The minimum Gasteiger partial charge on any atom is -0.453 e. The smallest absolute Gasteiger partial charge is 0.250 e. The van der Waals surface area contributed by atoms with Gasteiger partial charge in [-0.25, -0.2) is 4.39 Å². The molecule has 104 valence electrons. The molecule has 4 N–H and O–H groups in total. The van der Waals surface area contributed by atoms with Crippen LogP contribution in [0.25, 0.3) is 0 Å². The lowest BCUT2D eigenvalue weighted by Crippen LogP contribution is -2.14. The monoisotopic (exact) mass is 358 g/mol. The molecule has 2 aromatic carbocycles. The molecule has 0 fully saturated rings. The van der Waals surface area contributed by atoms with Crippen LogP contribution in [0.5, 0.6) is 11.5 Å². The molecule has 4 nitrogen and oxygen atoms in total. The van der Waals surface area contributed by atoms with Crippen molar-refractivity contribution in [3.63, 3.8) is 0 Å². The molecule has 2 aromatic rings. The standard InChI is InChI=1S/C13H9BrClFN2O2/c14-6-1-2-11(8(15)3-6)20-12-4-7(13(18)19)10(17)5-9(12)16/h1-5H,17H2,(H2,18,19). The van der Waals surface area contributed by atoms with Gasteiger partial charge in [-0.2, -0.15) is 0 Å². The highest BCUT2D eigenvalue weighted by Gasteiger charge is 2.14. The van der Waals surface area contributed by atoms with Crippen LogP contribution in [-0.4, -0.2) is 5.91 Å². The maximum atomic E-state index is 13.8. The summed E-state index contributed by atoms with van der Waals surface area (Å²) in [6.07, 6.45) is 0. The maximum Gasteiger partial charge on any atom is 0.250 e. The largest absolute Gasteiger partial charge is 0.453 e. The minimum atomic E-state index is -0.769. The number of anilines is 1. The zero-order chi connectivity index (χ0) is 14.9. The third kappa shape index (κ3) is 3.02. The Balaban J connectivity index is 2.43. The lowest BCUT2D eigenvalue weighted by molar-refractivity contribution is 0.100. The summed E-state index contributed by atoms with van der Waals surface area (Å²) in [5.41, 5.74) is 10.6. The van der Waals surface area contributed by atoms with Gasteiger partial charge in [0, 0.05) is 16.2 Å². The molecule has 20 heavy (non-hydrogen) atoms. The number of carbonyl (C=O) groups excluding carboxylic acids is 1. The summed E-state index contributed by atoms with van der Waals surface area (Å²) in [5, 5.41) is 0.288. The first-order chi connectivity index (χ1) is 9.38. The zero-order valence-electron chi connectivity index (χ0n) is 9.99. The summed E-state index contributed by atoms with van der Waals surface area (Å²) in [6, 6.07) is 6.96. The predicted octanol–water partition coefficient (Wildman–Crippen LogP) is 3.72. The Morgan fingerprint density at radius 2 is 1.95 bits per heavy atom. The summed E-state index contributed by atoms with van der Waals surface area (Å²) >= 11 is 9.22. The lowest BCUT2D eigenvalue weighted by atomic mass is 10.1. The summed E-state index contributed by atoms with van der Waals surface area (Å²) in [6.45, 7) is 0. The number of rotatable bonds is 3. The first-order valence-electron chi connectivity index (χ1n) is 5.40. The van der Waals surface area contributed by atoms with Crippen molar-refractivity contribution < 1.29 is 13.9 Å². The van der Waals surface area contributed by atoms with E-state index in [1.54, 1.807) is 18.2 Å². The van der Waals surface area contributed by atoms with Crippen LogP contribution in [0.2, 0.25) is 5.02 Å². The number of amides is 1. The molecule has 0 saturated heterocycles. The molecule has 0 unspecified atom stereocenters. The fourth-order valence-electron chi connectivity index (χ4n) is 1.54. The molecule has 0 atom stereocenters. The molecule has 2 rings (SSSR count). The minimum absolute atomic E-state index is 0.0189. The van der Waals surface area contributed by atoms with Crippen LogP contribution in [0.1, 0.15) is 10.4 Å². The average molecular weight is 360 g/mol. The van der Waals surface area contributed by atoms with Crippen molar-refractivity contribution in [2.45, 2.75) is 0 Å². The second-order valence-electron chi connectivity index (χ2n) is 3.91. The van der Waals surface area contributed by atoms with Crippen molar-refractivity contribution in [2.24, 2.45) is 5.73 Å². The van der Waals surface area contributed by atoms with Gasteiger partial charge in [0.1, 0.15) is 5.75 Å². The Morgan fingerprint density at radius 1 is 1.25 bits per heavy atom. The van der Waals surface area contributed by atoms with Gasteiger partial charge >= 0.3 is 0 Å². The van der Waals surface area contributed by atoms with Crippen LogP contribution in [-0.2, 0) is 0 Å². The average Bonchev–Trinajstić information content (AvgIpc) is 2.35. The summed E-state index contributed by atoms with van der Waals surface area (Å²) < 4.78 is 19.9. The van der Waals surface area contributed by atoms with Gasteiger partial charge in [-0.1, -0.05) is 27.5 Å². The van der Waals surface area contributed by atoms with E-state index in [0.717, 1.165) is 16.6 Å². The molecule has 0 aromatic heterocycles. The van der Waals surface area contributed by atoms with Crippen LogP contribution in [0.3, 0.4) is 0 Å². The number of hydrogen-bond donors (Lipinski definition) is 2. The summed E-state index contributed by atoms with van der Waals surface area (Å²) in [7, 11) is 0. The van der Waals surface area contributed by atoms with Gasteiger partial charge < -0.3 is 16.2 Å². The van der Waals surface area contributed by atoms with Gasteiger partial charge in [0.05, 0.1) is 10.6 Å². The highest BCUT2D eigenvalue weighted by Crippen LogP contribution is 2.34. The van der Waals surface area contributed by atoms with E-state index < -0.39 is 11.7 Å². The number of nitrogens with two attached hydrogens (primary N) is 2. The van der Waals surface area contributed by atoms with Crippen LogP contribution in [0.4, 0.5) is 10.1 Å². The summed E-state index contributed by atoms with van der Waals surface area (Å²) in [4.78, 5) is 11.2. The molecule has 7 heteroatoms. The SMILES string of the molecule is NC(=O)c1cc(Oc2ccc(Br)cc2Cl)c(F)cc1N. The number of hydrogen-bond acceptors (Lipinski definition) is 3. The molecule has 0 aliphatic carbocycles. The van der Waals surface area contributed by atoms with Gasteiger partial charge in [-0.3, -0.25) is 4.79 Å². The fourth-order valence-corrected chi connectivity index (χ4v) is 2.25. The Labute approximate surface area is 127 Å². The lowest BCUT2D eigenvalue weighted by Gasteiger charge is -2.11. The number of primary amides is 1. The van der Waals surface area contributed by atoms with E-state index in [1.807, 2.05) is 0 Å². The van der Waals surface area contributed by atoms with Crippen molar-refractivity contribution in [2.75, 3.05) is 5.73 Å². The van der Waals surface area contributed by atoms with E-state index in [0.29, 0.717) is 0 Å². The normalized spacial score (nSPS) is 10.3. The van der Waals surface area contributed by atoms with Crippen LogP contribution in [0.15, 0.2) is 34.8 Å². The molecular formula is C13H9BrClFN2O2. The van der Waals surface area contributed by atoms with Crippen molar-refractivity contribution >= 4 is 39.1 Å². The number of carbonyl (C=O) groups is 1. The molecular weight excluding hydrogens is 351 g/mol. The number of nitrogen functional groups attached to an aromatic ring is 1. The Hall–Kier alpha value is -1.79. The van der Waals surface area contributed by atoms with Crippen molar-refractivity contribution in [3.8, 4) is 11.5 Å². The van der Waals surface area contributed by atoms with Crippen LogP contribution < -0.4 is 16.2 Å². The molecule has 0 aliphatic heterocycles. The quantitative estimate of drug-likeness (QED) is 0.820. The van der Waals surface area contributed by atoms with Crippen molar-refractivity contribution in [1.82, 2.24) is 0 Å². The van der Waals surface area contributed by atoms with Gasteiger partial charge in [-0.15, -0.1) is 0 Å². The zero-order valence-corrected chi connectivity index (χ0v) is 12.3. The number of benzene rings is 2. The molecule has 0 radical (unpaired) electrons. The van der Waals surface area contributed by atoms with Gasteiger partial charge in [0.2, 0.25) is 0 Å². The van der Waals surface area contributed by atoms with E-state index in [-0.39, 0.29) is 27.8 Å². The second-order valence-corrected chi connectivity index (χ2v) is 5.23. The van der Waals surface area contributed by atoms with Crippen molar-refractivity contribution in [1.29, 1.82) is 0 Å². The van der Waals surface area contributed by atoms with Gasteiger partial charge in [0.15, 0.2) is 11.6 Å². The van der Waals surface area contributed by atoms with Crippen molar-refractivity contribution in [3.05, 3.63) is 51.2 Å². The first kappa shape index (κ1) is 14.6. The van der Waals surface area contributed by atoms with E-state index in [9.17, 15) is 9.18 Å². The van der Waals surface area contributed by atoms with Gasteiger partial charge in [-0.05, 0) is 24.3 Å². The predicted molar refractivity (Wildman–Crippen MR) is 78.6 cm³/mol. The maximum absolute atomic E-state index is 13.8. The van der Waals surface area contributed by atoms with Crippen LogP contribution in [0, 0.1) is 5.82 Å². The first-order valence-corrected chi connectivity index (χ1v) is 6.57. The third-order valence-corrected chi connectivity index (χ3v) is 3.27. The molecule has 0 bridgehead atoms. The third-order valence-electron chi connectivity index (χ3n) is 2.48. The number of halogens is 3. The number of ether oxygens (including phenoxy) is 1. The van der Waals surface area contributed by atoms with Gasteiger partial charge in [0.25, 0.3) is 5.91 Å². The highest BCUT2D eigenvalue weighted by molar-refractivity contribution is 9.10. The highest BCUT2D eigenvalue weighted by atomic mass is 79.9. The van der Waals surface area contributed by atoms with E-state index in [1.165, 1.54) is 0 Å². The molecule has 0 aliphatic rings. The Bertz CT molecular complexity index is 694. The topological polar surface area (TPSA) is 78.3 Å². The Kier molecular flexibility index (Phi) is 4.15. The van der Waals surface area contributed by atoms with E-state index in [2.05, 4.69) is 15.9 Å². The molecule has 0 heterocycles. The molecule has 0 spiro atoms. The fraction of sp³-hybridized carbons (Fsp3) is 0.